The van der Waals surface area contributed by atoms with Crippen LogP contribution in [-0.4, -0.2) is 50.1 Å². The Kier molecular flexibility index (Phi) is 9.15. The molecule has 2 amide bonds. The van der Waals surface area contributed by atoms with Crippen LogP contribution in [0, 0.1) is 0 Å². The summed E-state index contributed by atoms with van der Waals surface area (Å²) in [6.45, 7) is 5.83. The highest BCUT2D eigenvalue weighted by molar-refractivity contribution is 5.94. The summed E-state index contributed by atoms with van der Waals surface area (Å²) in [4.78, 5) is 26.4. The summed E-state index contributed by atoms with van der Waals surface area (Å²) in [7, 11) is 4.20. The Morgan fingerprint density at radius 1 is 1.10 bits per heavy atom. The molecule has 1 N–H and O–H groups in total. The molecule has 0 aromatic heterocycles. The van der Waals surface area contributed by atoms with Gasteiger partial charge in [0.2, 0.25) is 5.91 Å². The molecule has 1 aliphatic heterocycles. The number of carbonyl (C=O) groups excluding carboxylic acids is 2. The van der Waals surface area contributed by atoms with Gasteiger partial charge in [0.05, 0.1) is 14.1 Å². The lowest BCUT2D eigenvalue weighted by Crippen LogP contribution is -2.49. The van der Waals surface area contributed by atoms with Gasteiger partial charge in [0.1, 0.15) is 5.69 Å². The molecule has 0 saturated carbocycles. The van der Waals surface area contributed by atoms with E-state index < -0.39 is 0 Å². The van der Waals surface area contributed by atoms with Crippen molar-refractivity contribution in [3.8, 4) is 0 Å². The molecule has 0 aliphatic carbocycles. The summed E-state index contributed by atoms with van der Waals surface area (Å²) in [5.74, 6) is 0.238. The smallest absolute Gasteiger partial charge is 0.251 e. The number of hydrogen-bond acceptors (Lipinski definition) is 2. The molecule has 1 aliphatic rings. The van der Waals surface area contributed by atoms with Crippen molar-refractivity contribution < 1.29 is 9.59 Å². The molecule has 0 bridgehead atoms. The van der Waals surface area contributed by atoms with E-state index in [0.29, 0.717) is 23.1 Å². The van der Waals surface area contributed by atoms with E-state index in [1.165, 1.54) is 38.5 Å². The molecule has 5 heteroatoms. The molecule has 2 rings (SSSR count). The van der Waals surface area contributed by atoms with Crippen LogP contribution in [-0.2, 0) is 4.79 Å². The van der Waals surface area contributed by atoms with Gasteiger partial charge in [0.15, 0.2) is 6.67 Å². The number of hydrogen-bond donors (Lipinski definition) is 1. The molecule has 1 aromatic carbocycles. The molecule has 29 heavy (non-hydrogen) atoms. The van der Waals surface area contributed by atoms with Crippen molar-refractivity contribution in [3.63, 3.8) is 0 Å². The number of carbonyl (C=O) groups is 2. The zero-order chi connectivity index (χ0) is 21.3. The number of unbranched alkanes of at least 4 members (excludes halogenated alkanes) is 5. The number of likely N-dealkylation sites (tertiary alicyclic amines) is 1. The number of nitrogens with one attached hydrogen (secondary N) is 1. The van der Waals surface area contributed by atoms with Crippen molar-refractivity contribution in [2.45, 2.75) is 77.7 Å². The lowest BCUT2D eigenvalue weighted by atomic mass is 10.1. The molecule has 1 saturated heterocycles. The zero-order valence-corrected chi connectivity index (χ0v) is 18.9. The molecular formula is C24H40N3O2+. The second-order valence-corrected chi connectivity index (χ2v) is 9.06. The topological polar surface area (TPSA) is 49.4 Å². The maximum atomic E-state index is 12.5. The van der Waals surface area contributed by atoms with Gasteiger partial charge in [-0.1, -0.05) is 45.4 Å². The second-order valence-electron chi connectivity index (χ2n) is 9.06. The van der Waals surface area contributed by atoms with Gasteiger partial charge in [-0.2, -0.15) is 0 Å². The van der Waals surface area contributed by atoms with E-state index in [2.05, 4.69) is 33.3 Å². The van der Waals surface area contributed by atoms with E-state index in [0.717, 1.165) is 25.1 Å². The zero-order valence-electron chi connectivity index (χ0n) is 18.9. The number of quaternary nitrogens is 1. The molecular weight excluding hydrogens is 362 g/mol. The number of amides is 2. The van der Waals surface area contributed by atoms with Gasteiger partial charge < -0.3 is 5.32 Å². The Hall–Kier alpha value is -1.88. The van der Waals surface area contributed by atoms with Crippen molar-refractivity contribution in [1.29, 1.82) is 0 Å². The molecule has 0 spiro atoms. The predicted octanol–water partition coefficient (Wildman–Crippen LogP) is 4.70. The van der Waals surface area contributed by atoms with Gasteiger partial charge in [-0.25, -0.2) is 0 Å². The van der Waals surface area contributed by atoms with E-state index in [1.54, 1.807) is 0 Å². The Morgan fingerprint density at radius 3 is 2.38 bits per heavy atom. The van der Waals surface area contributed by atoms with E-state index in [4.69, 9.17) is 0 Å². The lowest BCUT2D eigenvalue weighted by Gasteiger charge is -2.33. The van der Waals surface area contributed by atoms with Crippen molar-refractivity contribution in [2.24, 2.45) is 0 Å². The normalized spacial score (nSPS) is 15.6. The highest BCUT2D eigenvalue weighted by Crippen LogP contribution is 2.22. The van der Waals surface area contributed by atoms with Crippen LogP contribution in [0.15, 0.2) is 24.3 Å². The maximum absolute atomic E-state index is 12.5. The Bertz CT molecular complexity index is 655. The van der Waals surface area contributed by atoms with Gasteiger partial charge in [-0.3, -0.25) is 19.0 Å². The molecule has 1 heterocycles. The van der Waals surface area contributed by atoms with Crippen molar-refractivity contribution >= 4 is 17.5 Å². The summed E-state index contributed by atoms with van der Waals surface area (Å²) in [6, 6.07) is 8.01. The minimum Gasteiger partial charge on any atom is -0.350 e. The van der Waals surface area contributed by atoms with E-state index in [9.17, 15) is 9.59 Å². The van der Waals surface area contributed by atoms with E-state index in [-0.39, 0.29) is 17.9 Å². The summed E-state index contributed by atoms with van der Waals surface area (Å²) in [6.07, 6.45) is 10.3. The van der Waals surface area contributed by atoms with Crippen molar-refractivity contribution in [1.82, 2.24) is 14.7 Å². The maximum Gasteiger partial charge on any atom is 0.251 e. The quantitative estimate of drug-likeness (QED) is 0.407. The van der Waals surface area contributed by atoms with Gasteiger partial charge in [0, 0.05) is 24.6 Å². The third kappa shape index (κ3) is 7.46. The fraction of sp³-hybridized carbons (Fsp3) is 0.667. The summed E-state index contributed by atoms with van der Waals surface area (Å²) in [5.41, 5.74) is 1.79. The summed E-state index contributed by atoms with van der Waals surface area (Å²) in [5, 5.41) is 3.12. The molecule has 1 aromatic rings. The minimum atomic E-state index is -0.00457. The van der Waals surface area contributed by atoms with Crippen LogP contribution in [0.1, 0.15) is 82.0 Å². The standard InChI is InChI=1S/C24H39N3O2/c1-5-6-7-8-9-10-12-20(2)25-24(29)21-14-16-22(17-15-21)27(3,4)19-26-18-11-13-23(26)28/h14-17,20H,5-13,18-19H2,1-4H3/p+1. The Morgan fingerprint density at radius 2 is 1.76 bits per heavy atom. The first-order valence-corrected chi connectivity index (χ1v) is 11.4. The SMILES string of the molecule is CCCCCCCCC(C)NC(=O)c1ccc([N+](C)(C)CN2CCCC2=O)cc1. The molecule has 162 valence electrons. The predicted molar refractivity (Wildman–Crippen MR) is 121 cm³/mol. The minimum absolute atomic E-state index is 0.00457. The molecule has 1 atom stereocenters. The lowest BCUT2D eigenvalue weighted by molar-refractivity contribution is -0.129. The average molecular weight is 403 g/mol. The van der Waals surface area contributed by atoms with Crippen LogP contribution in [0.25, 0.3) is 0 Å². The van der Waals surface area contributed by atoms with Gasteiger partial charge in [-0.05, 0) is 44.0 Å². The number of rotatable bonds is 12. The van der Waals surface area contributed by atoms with Gasteiger partial charge in [-0.15, -0.1) is 0 Å². The molecule has 0 radical (unpaired) electrons. The van der Waals surface area contributed by atoms with E-state index in [1.807, 2.05) is 29.2 Å². The van der Waals surface area contributed by atoms with E-state index >= 15 is 0 Å². The third-order valence-corrected chi connectivity index (χ3v) is 5.89. The van der Waals surface area contributed by atoms with Crippen LogP contribution in [0.5, 0.6) is 0 Å². The van der Waals surface area contributed by atoms with Gasteiger partial charge in [0.25, 0.3) is 5.91 Å². The highest BCUT2D eigenvalue weighted by Gasteiger charge is 2.29. The van der Waals surface area contributed by atoms with Crippen molar-refractivity contribution in [3.05, 3.63) is 29.8 Å². The first kappa shape index (κ1) is 23.4. The number of benzene rings is 1. The fourth-order valence-corrected chi connectivity index (χ4v) is 3.99. The molecule has 1 fully saturated rings. The van der Waals surface area contributed by atoms with Crippen molar-refractivity contribution in [2.75, 3.05) is 27.3 Å². The highest BCUT2D eigenvalue weighted by atomic mass is 16.2. The summed E-state index contributed by atoms with van der Waals surface area (Å²) < 4.78 is 0.599. The van der Waals surface area contributed by atoms with Crippen LogP contribution in [0.4, 0.5) is 5.69 Å². The third-order valence-electron chi connectivity index (χ3n) is 5.89. The first-order chi connectivity index (χ1) is 13.8. The van der Waals surface area contributed by atoms with Crippen LogP contribution in [0.3, 0.4) is 0 Å². The van der Waals surface area contributed by atoms with Crippen LogP contribution in [0.2, 0.25) is 0 Å². The fourth-order valence-electron chi connectivity index (χ4n) is 3.99. The van der Waals surface area contributed by atoms with Crippen LogP contribution >= 0.6 is 0 Å². The average Bonchev–Trinajstić information content (AvgIpc) is 3.08. The Labute approximate surface area is 177 Å². The largest absolute Gasteiger partial charge is 0.350 e. The number of nitrogens with zero attached hydrogens (tertiary/aromatic N) is 2. The Balaban J connectivity index is 1.80. The monoisotopic (exact) mass is 402 g/mol. The second kappa shape index (κ2) is 11.3. The molecule has 1 unspecified atom stereocenters. The van der Waals surface area contributed by atoms with Crippen LogP contribution < -0.4 is 9.80 Å². The van der Waals surface area contributed by atoms with Gasteiger partial charge >= 0.3 is 0 Å². The first-order valence-electron chi connectivity index (χ1n) is 11.4. The summed E-state index contributed by atoms with van der Waals surface area (Å²) >= 11 is 0. The molecule has 5 nitrogen and oxygen atoms in total.